The van der Waals surface area contributed by atoms with Gasteiger partial charge in [0.1, 0.15) is 0 Å². The maximum absolute atomic E-state index is 12.0. The molecule has 2 aliphatic heterocycles. The van der Waals surface area contributed by atoms with E-state index in [0.717, 1.165) is 38.8 Å². The van der Waals surface area contributed by atoms with Crippen molar-refractivity contribution in [2.45, 2.75) is 38.1 Å². The molecule has 2 amide bonds. The lowest BCUT2D eigenvalue weighted by Gasteiger charge is -2.33. The van der Waals surface area contributed by atoms with E-state index in [1.165, 1.54) is 0 Å². The second kappa shape index (κ2) is 5.49. The molecule has 17 heavy (non-hydrogen) atoms. The summed E-state index contributed by atoms with van der Waals surface area (Å²) in [6.45, 7) is 2.39. The molecule has 2 fully saturated rings. The number of carbonyl (C=O) groups excluding carboxylic acids is 2. The second-order valence-corrected chi connectivity index (χ2v) is 5.01. The number of likely N-dealkylation sites (tertiary alicyclic amines) is 2. The zero-order valence-electron chi connectivity index (χ0n) is 10.2. The van der Waals surface area contributed by atoms with Crippen molar-refractivity contribution in [1.82, 2.24) is 9.80 Å². The predicted octanol–water partition coefficient (Wildman–Crippen LogP) is -0.0514. The van der Waals surface area contributed by atoms with Gasteiger partial charge in [0, 0.05) is 32.1 Å². The summed E-state index contributed by atoms with van der Waals surface area (Å²) in [6.07, 6.45) is 4.52. The number of piperidine rings is 2. The molecule has 2 rings (SSSR count). The van der Waals surface area contributed by atoms with Crippen LogP contribution in [0.2, 0.25) is 0 Å². The van der Waals surface area contributed by atoms with Gasteiger partial charge in [-0.3, -0.25) is 9.59 Å². The number of hydrogen-bond acceptors (Lipinski definition) is 3. The molecule has 0 aromatic carbocycles. The van der Waals surface area contributed by atoms with Crippen LogP contribution in [0, 0.1) is 0 Å². The van der Waals surface area contributed by atoms with Gasteiger partial charge in [0.25, 0.3) is 0 Å². The molecule has 2 saturated heterocycles. The molecule has 1 unspecified atom stereocenters. The first-order chi connectivity index (χ1) is 8.16. The fourth-order valence-corrected chi connectivity index (χ4v) is 2.53. The van der Waals surface area contributed by atoms with Gasteiger partial charge in [-0.2, -0.15) is 0 Å². The molecule has 0 radical (unpaired) electrons. The van der Waals surface area contributed by atoms with Crippen molar-refractivity contribution in [2.24, 2.45) is 5.73 Å². The molecule has 0 spiro atoms. The van der Waals surface area contributed by atoms with Crippen LogP contribution >= 0.6 is 0 Å². The number of rotatable bonds is 2. The Hall–Kier alpha value is -1.10. The van der Waals surface area contributed by atoms with Crippen molar-refractivity contribution in [3.8, 4) is 0 Å². The smallest absolute Gasteiger partial charge is 0.242 e. The average Bonchev–Trinajstić information content (AvgIpc) is 2.32. The first-order valence-electron chi connectivity index (χ1n) is 6.48. The molecule has 0 bridgehead atoms. The van der Waals surface area contributed by atoms with E-state index in [1.807, 2.05) is 0 Å². The van der Waals surface area contributed by atoms with Crippen molar-refractivity contribution in [3.63, 3.8) is 0 Å². The highest BCUT2D eigenvalue weighted by molar-refractivity contribution is 5.85. The molecule has 2 N–H and O–H groups in total. The topological polar surface area (TPSA) is 66.6 Å². The summed E-state index contributed by atoms with van der Waals surface area (Å²) in [5, 5.41) is 0. The van der Waals surface area contributed by atoms with Gasteiger partial charge in [-0.1, -0.05) is 0 Å². The number of carbonyl (C=O) groups is 2. The van der Waals surface area contributed by atoms with Gasteiger partial charge in [0.2, 0.25) is 11.8 Å². The predicted molar refractivity (Wildman–Crippen MR) is 64.2 cm³/mol. The molecule has 2 heterocycles. The standard InChI is InChI=1S/C12H21N3O2/c13-10-4-3-7-14(8-10)12(17)9-15-6-2-1-5-11(15)16/h10H,1-9,13H2. The van der Waals surface area contributed by atoms with Crippen LogP contribution in [-0.4, -0.2) is 53.8 Å². The number of amides is 2. The number of hydrogen-bond donors (Lipinski definition) is 1. The van der Waals surface area contributed by atoms with Crippen molar-refractivity contribution < 1.29 is 9.59 Å². The zero-order chi connectivity index (χ0) is 12.3. The SMILES string of the molecule is NC1CCCN(C(=O)CN2CCCCC2=O)C1. The second-order valence-electron chi connectivity index (χ2n) is 5.01. The highest BCUT2D eigenvalue weighted by Crippen LogP contribution is 2.12. The molecule has 1 atom stereocenters. The van der Waals surface area contributed by atoms with Crippen molar-refractivity contribution in [3.05, 3.63) is 0 Å². The van der Waals surface area contributed by atoms with E-state index in [0.29, 0.717) is 13.0 Å². The summed E-state index contributed by atoms with van der Waals surface area (Å²) in [4.78, 5) is 27.1. The maximum atomic E-state index is 12.0. The fraction of sp³-hybridized carbons (Fsp3) is 0.833. The highest BCUT2D eigenvalue weighted by atomic mass is 16.2. The fourth-order valence-electron chi connectivity index (χ4n) is 2.53. The van der Waals surface area contributed by atoms with Gasteiger partial charge in [0.05, 0.1) is 6.54 Å². The number of nitrogens with zero attached hydrogens (tertiary/aromatic N) is 2. The minimum absolute atomic E-state index is 0.0513. The Morgan fingerprint density at radius 2 is 2.12 bits per heavy atom. The lowest BCUT2D eigenvalue weighted by Crippen LogP contribution is -2.50. The van der Waals surface area contributed by atoms with Crippen LogP contribution < -0.4 is 5.73 Å². The van der Waals surface area contributed by atoms with Crippen LogP contribution in [0.25, 0.3) is 0 Å². The third-order valence-electron chi connectivity index (χ3n) is 3.56. The summed E-state index contributed by atoms with van der Waals surface area (Å²) in [5.74, 6) is 0.168. The molecule has 0 aromatic heterocycles. The minimum atomic E-state index is 0.0513. The Kier molecular flexibility index (Phi) is 3.99. The minimum Gasteiger partial charge on any atom is -0.340 e. The summed E-state index contributed by atoms with van der Waals surface area (Å²) < 4.78 is 0. The molecule has 0 aromatic rings. The molecule has 96 valence electrons. The Balaban J connectivity index is 1.85. The van der Waals surface area contributed by atoms with Gasteiger partial charge in [-0.25, -0.2) is 0 Å². The molecular formula is C12H21N3O2. The van der Waals surface area contributed by atoms with E-state index in [4.69, 9.17) is 5.73 Å². The Morgan fingerprint density at radius 1 is 1.29 bits per heavy atom. The average molecular weight is 239 g/mol. The van der Waals surface area contributed by atoms with Crippen LogP contribution in [0.1, 0.15) is 32.1 Å². The van der Waals surface area contributed by atoms with Crippen LogP contribution in [0.15, 0.2) is 0 Å². The van der Waals surface area contributed by atoms with E-state index in [9.17, 15) is 9.59 Å². The number of nitrogens with two attached hydrogens (primary N) is 1. The summed E-state index contributed by atoms with van der Waals surface area (Å²) in [6, 6.07) is 0.102. The molecule has 0 saturated carbocycles. The van der Waals surface area contributed by atoms with Crippen LogP contribution in [0.4, 0.5) is 0 Å². The summed E-state index contributed by atoms with van der Waals surface area (Å²) >= 11 is 0. The molecule has 5 heteroatoms. The van der Waals surface area contributed by atoms with Gasteiger partial charge in [0.15, 0.2) is 0 Å². The summed E-state index contributed by atoms with van der Waals surface area (Å²) in [7, 11) is 0. The van der Waals surface area contributed by atoms with E-state index >= 15 is 0 Å². The third-order valence-corrected chi connectivity index (χ3v) is 3.56. The first-order valence-corrected chi connectivity index (χ1v) is 6.48. The lowest BCUT2D eigenvalue weighted by molar-refractivity contribution is -0.142. The summed E-state index contributed by atoms with van der Waals surface area (Å²) in [5.41, 5.74) is 5.85. The Morgan fingerprint density at radius 3 is 2.82 bits per heavy atom. The van der Waals surface area contributed by atoms with Crippen molar-refractivity contribution in [1.29, 1.82) is 0 Å². The van der Waals surface area contributed by atoms with Gasteiger partial charge < -0.3 is 15.5 Å². The third kappa shape index (κ3) is 3.19. The van der Waals surface area contributed by atoms with Crippen LogP contribution in [0.3, 0.4) is 0 Å². The first kappa shape index (κ1) is 12.4. The van der Waals surface area contributed by atoms with E-state index in [1.54, 1.807) is 9.80 Å². The zero-order valence-corrected chi connectivity index (χ0v) is 10.2. The van der Waals surface area contributed by atoms with Gasteiger partial charge in [-0.15, -0.1) is 0 Å². The maximum Gasteiger partial charge on any atom is 0.242 e. The van der Waals surface area contributed by atoms with E-state index in [2.05, 4.69) is 0 Å². The van der Waals surface area contributed by atoms with E-state index < -0.39 is 0 Å². The van der Waals surface area contributed by atoms with Gasteiger partial charge >= 0.3 is 0 Å². The van der Waals surface area contributed by atoms with E-state index in [-0.39, 0.29) is 24.4 Å². The highest BCUT2D eigenvalue weighted by Gasteiger charge is 2.25. The van der Waals surface area contributed by atoms with Crippen LogP contribution in [0.5, 0.6) is 0 Å². The molecule has 0 aliphatic carbocycles. The lowest BCUT2D eigenvalue weighted by atomic mass is 10.1. The van der Waals surface area contributed by atoms with Crippen LogP contribution in [-0.2, 0) is 9.59 Å². The quantitative estimate of drug-likeness (QED) is 0.734. The van der Waals surface area contributed by atoms with Gasteiger partial charge in [-0.05, 0) is 25.7 Å². The Labute approximate surface area is 102 Å². The molecular weight excluding hydrogens is 218 g/mol. The largest absolute Gasteiger partial charge is 0.340 e. The Bertz CT molecular complexity index is 306. The normalized spacial score (nSPS) is 26.2. The molecule has 5 nitrogen and oxygen atoms in total. The van der Waals surface area contributed by atoms with Crippen molar-refractivity contribution >= 4 is 11.8 Å². The monoisotopic (exact) mass is 239 g/mol. The van der Waals surface area contributed by atoms with Crippen molar-refractivity contribution in [2.75, 3.05) is 26.2 Å². The molecule has 2 aliphatic rings.